The molecule has 0 bridgehead atoms. The first-order valence-electron chi connectivity index (χ1n) is 11.5. The zero-order valence-corrected chi connectivity index (χ0v) is 19.9. The normalized spacial score (nSPS) is 11.4. The van der Waals surface area contributed by atoms with Gasteiger partial charge in [0, 0.05) is 44.2 Å². The highest BCUT2D eigenvalue weighted by atomic mass is 16.5. The number of nitrogens with one attached hydrogen (secondary N) is 2. The lowest BCUT2D eigenvalue weighted by Crippen LogP contribution is -2.36. The Kier molecular flexibility index (Phi) is 9.79. The van der Waals surface area contributed by atoms with Gasteiger partial charge in [-0.05, 0) is 43.5 Å². The van der Waals surface area contributed by atoms with Gasteiger partial charge in [0.2, 0.25) is 0 Å². The topological polar surface area (TPSA) is 72.7 Å². The maximum absolute atomic E-state index is 5.97. The number of aromatic nitrogens is 2. The molecule has 1 heterocycles. The van der Waals surface area contributed by atoms with Crippen molar-refractivity contribution in [2.45, 2.75) is 40.4 Å². The van der Waals surface area contributed by atoms with Crippen LogP contribution in [0.25, 0.3) is 0 Å². The van der Waals surface area contributed by atoms with Gasteiger partial charge in [0.1, 0.15) is 12.4 Å². The van der Waals surface area contributed by atoms with Crippen LogP contribution in [-0.2, 0) is 24.4 Å². The van der Waals surface area contributed by atoms with Crippen molar-refractivity contribution in [3.8, 4) is 5.75 Å². The SMILES string of the molecule is CCNC(=NCc1cccc(Cn2ccnc2)c1)NCc1ccc(C)cc1OCCOCC. The highest BCUT2D eigenvalue weighted by Crippen LogP contribution is 2.20. The van der Waals surface area contributed by atoms with Crippen molar-refractivity contribution >= 4 is 5.96 Å². The van der Waals surface area contributed by atoms with Crippen LogP contribution < -0.4 is 15.4 Å². The molecule has 2 N–H and O–H groups in total. The van der Waals surface area contributed by atoms with Crippen molar-refractivity contribution in [3.05, 3.63) is 83.4 Å². The molecule has 0 saturated heterocycles. The second-order valence-corrected chi connectivity index (χ2v) is 7.76. The lowest BCUT2D eigenvalue weighted by atomic mass is 10.1. The molecule has 33 heavy (non-hydrogen) atoms. The number of aryl methyl sites for hydroxylation is 1. The molecule has 7 nitrogen and oxygen atoms in total. The Bertz CT molecular complexity index is 1000. The summed E-state index contributed by atoms with van der Waals surface area (Å²) in [4.78, 5) is 8.90. The summed E-state index contributed by atoms with van der Waals surface area (Å²) in [6, 6.07) is 14.8. The lowest BCUT2D eigenvalue weighted by molar-refractivity contribution is 0.110. The Morgan fingerprint density at radius 3 is 2.73 bits per heavy atom. The fraction of sp³-hybridized carbons (Fsp3) is 0.385. The van der Waals surface area contributed by atoms with Gasteiger partial charge in [-0.1, -0.05) is 36.4 Å². The molecule has 0 aliphatic heterocycles. The van der Waals surface area contributed by atoms with E-state index in [-0.39, 0.29) is 0 Å². The van der Waals surface area contributed by atoms with Gasteiger partial charge >= 0.3 is 0 Å². The number of hydrogen-bond acceptors (Lipinski definition) is 4. The molecule has 3 aromatic rings. The molecule has 0 aliphatic carbocycles. The molecule has 0 amide bonds. The summed E-state index contributed by atoms with van der Waals surface area (Å²) in [5.41, 5.74) is 4.65. The highest BCUT2D eigenvalue weighted by molar-refractivity contribution is 5.79. The van der Waals surface area contributed by atoms with Crippen LogP contribution in [0.15, 0.2) is 66.2 Å². The van der Waals surface area contributed by atoms with Gasteiger partial charge in [-0.2, -0.15) is 0 Å². The van der Waals surface area contributed by atoms with Crippen LogP contribution in [0, 0.1) is 6.92 Å². The van der Waals surface area contributed by atoms with Crippen molar-refractivity contribution in [1.82, 2.24) is 20.2 Å². The van der Waals surface area contributed by atoms with Crippen LogP contribution in [0.4, 0.5) is 0 Å². The van der Waals surface area contributed by atoms with E-state index in [1.165, 1.54) is 16.7 Å². The predicted molar refractivity (Wildman–Crippen MR) is 133 cm³/mol. The average molecular weight is 450 g/mol. The minimum Gasteiger partial charge on any atom is -0.491 e. The van der Waals surface area contributed by atoms with Gasteiger partial charge in [0.15, 0.2) is 5.96 Å². The third-order valence-corrected chi connectivity index (χ3v) is 5.04. The van der Waals surface area contributed by atoms with Gasteiger partial charge in [0.05, 0.1) is 19.5 Å². The van der Waals surface area contributed by atoms with Crippen LogP contribution in [0.5, 0.6) is 5.75 Å². The highest BCUT2D eigenvalue weighted by Gasteiger charge is 2.06. The predicted octanol–water partition coefficient (Wildman–Crippen LogP) is 3.91. The first kappa shape index (κ1) is 24.3. The van der Waals surface area contributed by atoms with E-state index in [9.17, 15) is 0 Å². The summed E-state index contributed by atoms with van der Waals surface area (Å²) in [7, 11) is 0. The minimum absolute atomic E-state index is 0.536. The largest absolute Gasteiger partial charge is 0.491 e. The maximum Gasteiger partial charge on any atom is 0.191 e. The summed E-state index contributed by atoms with van der Waals surface area (Å²) in [6.07, 6.45) is 5.60. The van der Waals surface area contributed by atoms with Crippen molar-refractivity contribution in [1.29, 1.82) is 0 Å². The molecule has 2 aromatic carbocycles. The molecule has 7 heteroatoms. The molecule has 0 saturated carbocycles. The van der Waals surface area contributed by atoms with E-state index in [0.717, 1.165) is 30.4 Å². The van der Waals surface area contributed by atoms with Crippen LogP contribution in [0.3, 0.4) is 0 Å². The number of ether oxygens (including phenoxy) is 2. The van der Waals surface area contributed by atoms with Gasteiger partial charge < -0.3 is 24.7 Å². The molecule has 0 unspecified atom stereocenters. The monoisotopic (exact) mass is 449 g/mol. The summed E-state index contributed by atoms with van der Waals surface area (Å²) in [5, 5.41) is 6.77. The van der Waals surface area contributed by atoms with Crippen LogP contribution in [-0.4, -0.2) is 41.9 Å². The van der Waals surface area contributed by atoms with E-state index in [0.29, 0.717) is 32.9 Å². The molecule has 0 fully saturated rings. The number of nitrogens with zero attached hydrogens (tertiary/aromatic N) is 3. The van der Waals surface area contributed by atoms with Crippen molar-refractivity contribution in [2.24, 2.45) is 4.99 Å². The van der Waals surface area contributed by atoms with Gasteiger partial charge in [-0.15, -0.1) is 0 Å². The van der Waals surface area contributed by atoms with Crippen LogP contribution in [0.2, 0.25) is 0 Å². The second kappa shape index (κ2) is 13.3. The van der Waals surface area contributed by atoms with E-state index in [4.69, 9.17) is 14.5 Å². The minimum atomic E-state index is 0.536. The zero-order valence-electron chi connectivity index (χ0n) is 19.9. The third-order valence-electron chi connectivity index (χ3n) is 5.04. The number of imidazole rings is 1. The molecule has 3 rings (SSSR count). The molecule has 1 aromatic heterocycles. The van der Waals surface area contributed by atoms with Gasteiger partial charge in [-0.3, -0.25) is 0 Å². The lowest BCUT2D eigenvalue weighted by Gasteiger charge is -2.15. The molecule has 0 atom stereocenters. The van der Waals surface area contributed by atoms with E-state index in [2.05, 4.69) is 76.5 Å². The molecular weight excluding hydrogens is 414 g/mol. The Balaban J connectivity index is 1.62. The summed E-state index contributed by atoms with van der Waals surface area (Å²) in [5.74, 6) is 1.66. The first-order chi connectivity index (χ1) is 16.2. The van der Waals surface area contributed by atoms with E-state index < -0.39 is 0 Å². The molecule has 0 radical (unpaired) electrons. The fourth-order valence-corrected chi connectivity index (χ4v) is 3.41. The Morgan fingerprint density at radius 1 is 1.06 bits per heavy atom. The summed E-state index contributed by atoms with van der Waals surface area (Å²) < 4.78 is 13.4. The van der Waals surface area contributed by atoms with Gasteiger partial charge in [-0.25, -0.2) is 9.98 Å². The summed E-state index contributed by atoms with van der Waals surface area (Å²) in [6.45, 7) is 10.7. The quantitative estimate of drug-likeness (QED) is 0.249. The smallest absolute Gasteiger partial charge is 0.191 e. The van der Waals surface area contributed by atoms with Gasteiger partial charge in [0.25, 0.3) is 0 Å². The Labute approximate surface area is 196 Å². The summed E-state index contributed by atoms with van der Waals surface area (Å²) >= 11 is 0. The number of hydrogen-bond donors (Lipinski definition) is 2. The van der Waals surface area contributed by atoms with E-state index >= 15 is 0 Å². The molecular formula is C26H35N5O2. The Morgan fingerprint density at radius 2 is 1.94 bits per heavy atom. The maximum atomic E-state index is 5.97. The van der Waals surface area contributed by atoms with Crippen molar-refractivity contribution < 1.29 is 9.47 Å². The van der Waals surface area contributed by atoms with Crippen molar-refractivity contribution in [3.63, 3.8) is 0 Å². The van der Waals surface area contributed by atoms with Crippen molar-refractivity contribution in [2.75, 3.05) is 26.4 Å². The average Bonchev–Trinajstić information content (AvgIpc) is 3.33. The number of rotatable bonds is 12. The molecule has 176 valence electrons. The molecule has 0 spiro atoms. The first-order valence-corrected chi connectivity index (χ1v) is 11.5. The van der Waals surface area contributed by atoms with Crippen LogP contribution in [0.1, 0.15) is 36.1 Å². The van der Waals surface area contributed by atoms with E-state index in [1.807, 2.05) is 19.4 Å². The number of guanidine groups is 1. The number of benzene rings is 2. The number of aliphatic imine (C=N–C) groups is 1. The van der Waals surface area contributed by atoms with Crippen LogP contribution >= 0.6 is 0 Å². The van der Waals surface area contributed by atoms with E-state index in [1.54, 1.807) is 6.20 Å². The standard InChI is InChI=1S/C26H35N5O2/c1-4-28-26(29-17-22-7-6-8-23(16-22)19-31-12-11-27-20-31)30-18-24-10-9-21(3)15-25(24)33-14-13-32-5-2/h6-12,15-16,20H,4-5,13-14,17-19H2,1-3H3,(H2,28,29,30). The second-order valence-electron chi connectivity index (χ2n) is 7.76. The fourth-order valence-electron chi connectivity index (χ4n) is 3.41. The zero-order chi connectivity index (χ0) is 23.3. The third kappa shape index (κ3) is 8.27. The Hall–Kier alpha value is -3.32. The molecule has 0 aliphatic rings.